The van der Waals surface area contributed by atoms with E-state index in [4.69, 9.17) is 0 Å². The van der Waals surface area contributed by atoms with E-state index >= 15 is 0 Å². The van der Waals surface area contributed by atoms with Crippen LogP contribution in [0.25, 0.3) is 39.1 Å². The largest absolute Gasteiger partial charge is 0.147 e. The Hall–Kier alpha value is -3.20. The van der Waals surface area contributed by atoms with Crippen molar-refractivity contribution in [2.45, 2.75) is 99.0 Å². The summed E-state index contributed by atoms with van der Waals surface area (Å²) in [5.74, 6) is 0.431. The van der Waals surface area contributed by atoms with Crippen LogP contribution in [0.4, 0.5) is 5.69 Å². The minimum absolute atomic E-state index is 0. The topological polar surface area (TPSA) is 3.24 Å². The summed E-state index contributed by atoms with van der Waals surface area (Å²) in [5, 5.41) is 2.62. The fourth-order valence-corrected chi connectivity index (χ4v) is 29.3. The van der Waals surface area contributed by atoms with Gasteiger partial charge in [-0.3, -0.25) is 0 Å². The van der Waals surface area contributed by atoms with Gasteiger partial charge in [0.15, 0.2) is 0 Å². The summed E-state index contributed by atoms with van der Waals surface area (Å²) in [5.41, 5.74) is 18.5. The third-order valence-electron chi connectivity index (χ3n) is 13.1. The normalized spacial score (nSPS) is 18.1. The van der Waals surface area contributed by atoms with Crippen LogP contribution < -0.4 is 4.90 Å². The molecule has 5 aromatic carbocycles. The Balaban J connectivity index is 0.00000283. The molecule has 5 heteroatoms. The van der Waals surface area contributed by atoms with Crippen molar-refractivity contribution in [1.29, 1.82) is 0 Å². The number of allylic oxidation sites excluding steroid dienone is 4. The van der Waals surface area contributed by atoms with Crippen molar-refractivity contribution in [3.63, 3.8) is 0 Å². The predicted octanol–water partition coefficient (Wildman–Crippen LogP) is 15.0. The molecule has 2 aliphatic carbocycles. The molecule has 1 heterocycles. The molecule has 1 nitrogen and oxygen atoms in total. The van der Waals surface area contributed by atoms with Crippen molar-refractivity contribution >= 4 is 54.2 Å². The molecule has 2 atom stereocenters. The molecule has 0 bridgehead atoms. The van der Waals surface area contributed by atoms with Crippen LogP contribution >= 0.6 is 24.8 Å². The first-order valence-electron chi connectivity index (χ1n) is 20.8. The van der Waals surface area contributed by atoms with Crippen LogP contribution in [-0.2, 0) is 28.2 Å². The Morgan fingerprint density at radius 1 is 0.690 bits per heavy atom. The van der Waals surface area contributed by atoms with Gasteiger partial charge in [0.2, 0.25) is 0 Å². The Morgan fingerprint density at radius 2 is 1.26 bits per heavy atom. The van der Waals surface area contributed by atoms with Crippen molar-refractivity contribution in [2.24, 2.45) is 5.92 Å². The van der Waals surface area contributed by atoms with Gasteiger partial charge in [0.05, 0.1) is 0 Å². The minimum atomic E-state index is -3.97. The molecule has 0 saturated heterocycles. The standard InChI is InChI=1S/C30H33.C21H20N.2CH3.2ClH.H2Si.Zr/c1-20-16-24-18-23(21-8-12-25(13-9-21)29(2,3)4)19-28(27(24)17-20)22-10-14-26(15-11-22)30(5,6)7;1-14(2)17-12-18-11-15(3)22(21(18)13-17)20-10-6-8-16-7-4-5-9-19(16)20;;;;;;/h8-19H,1-7H3;4-11,13-15H,1-3H3;2*1H3;2*1H;1H2;. The minimum Gasteiger partial charge on any atom is -0.147 e. The van der Waals surface area contributed by atoms with Crippen molar-refractivity contribution in [1.82, 2.24) is 0 Å². The van der Waals surface area contributed by atoms with Gasteiger partial charge in [0.1, 0.15) is 0 Å². The average Bonchev–Trinajstić information content (AvgIpc) is 3.79. The van der Waals surface area contributed by atoms with Crippen molar-refractivity contribution < 1.29 is 17.4 Å². The van der Waals surface area contributed by atoms with Gasteiger partial charge in [-0.15, -0.1) is 24.8 Å². The van der Waals surface area contributed by atoms with Crippen LogP contribution in [0.3, 0.4) is 0 Å². The van der Waals surface area contributed by atoms with Gasteiger partial charge < -0.3 is 0 Å². The van der Waals surface area contributed by atoms with Crippen molar-refractivity contribution in [2.75, 3.05) is 4.90 Å². The van der Waals surface area contributed by atoms with E-state index in [1.54, 1.807) is 8.85 Å². The summed E-state index contributed by atoms with van der Waals surface area (Å²) in [7, 11) is 0. The van der Waals surface area contributed by atoms with Crippen LogP contribution in [-0.4, -0.2) is 12.9 Å². The molecule has 0 radical (unpaired) electrons. The van der Waals surface area contributed by atoms with E-state index in [9.17, 15) is 0 Å². The molecule has 0 saturated carbocycles. The molecule has 0 amide bonds. The summed E-state index contributed by atoms with van der Waals surface area (Å²) in [6.45, 7) is 25.9. The van der Waals surface area contributed by atoms with Crippen molar-refractivity contribution in [3.05, 3.63) is 163 Å². The molecule has 58 heavy (non-hydrogen) atoms. The first kappa shape index (κ1) is 44.4. The van der Waals surface area contributed by atoms with Crippen LogP contribution in [0.5, 0.6) is 0 Å². The summed E-state index contributed by atoms with van der Waals surface area (Å²) in [4.78, 5) is 2.63. The zero-order valence-corrected chi connectivity index (χ0v) is 42.3. The second kappa shape index (κ2) is 15.4. The second-order valence-electron chi connectivity index (χ2n) is 20.5. The van der Waals surface area contributed by atoms with Gasteiger partial charge in [-0.25, -0.2) is 0 Å². The molecule has 1 aliphatic heterocycles. The Labute approximate surface area is 364 Å². The maximum absolute atomic E-state index is 3.97. The number of anilines is 1. The third-order valence-corrected chi connectivity index (χ3v) is 29.4. The molecule has 302 valence electrons. The Morgan fingerprint density at radius 3 is 1.84 bits per heavy atom. The zero-order valence-electron chi connectivity index (χ0n) is 36.7. The van der Waals surface area contributed by atoms with Crippen LogP contribution in [0, 0.1) is 5.92 Å². The molecule has 0 N–H and O–H groups in total. The molecular weight excluding hydrogens is 841 g/mol. The van der Waals surface area contributed by atoms with E-state index in [0.29, 0.717) is 9.54 Å². The maximum Gasteiger partial charge on any atom is -0.147 e. The molecule has 0 fully saturated rings. The summed E-state index contributed by atoms with van der Waals surface area (Å²) >= 11 is -3.97. The molecule has 5 aromatic rings. The first-order chi connectivity index (χ1) is 26.2. The maximum atomic E-state index is 2.76. The predicted molar refractivity (Wildman–Crippen MR) is 260 cm³/mol. The molecule has 8 rings (SSSR count). The number of halogens is 2. The van der Waals surface area contributed by atoms with E-state index in [1.807, 2.05) is 0 Å². The van der Waals surface area contributed by atoms with Gasteiger partial charge >= 0.3 is 342 Å². The van der Waals surface area contributed by atoms with Gasteiger partial charge in [0.25, 0.3) is 0 Å². The van der Waals surface area contributed by atoms with Crippen LogP contribution in [0.15, 0.2) is 141 Å². The van der Waals surface area contributed by atoms with Gasteiger partial charge in [-0.2, -0.15) is 0 Å². The molecule has 0 aromatic heterocycles. The smallest absolute Gasteiger partial charge is 0.147 e. The van der Waals surface area contributed by atoms with Gasteiger partial charge in [0, 0.05) is 0 Å². The Kier molecular flexibility index (Phi) is 11.8. The van der Waals surface area contributed by atoms with Crippen LogP contribution in [0.1, 0.15) is 95.1 Å². The van der Waals surface area contributed by atoms with E-state index in [0.717, 1.165) is 0 Å². The van der Waals surface area contributed by atoms with E-state index < -0.39 is 17.4 Å². The molecular formula is C53H63Cl2NSiZr. The van der Waals surface area contributed by atoms with Crippen LogP contribution in [0.2, 0.25) is 9.26 Å². The second-order valence-corrected chi connectivity index (χ2v) is 49.9. The van der Waals surface area contributed by atoms with Gasteiger partial charge in [-0.05, 0) is 0 Å². The summed E-state index contributed by atoms with van der Waals surface area (Å²) in [6.07, 6.45) is 7.77. The molecule has 0 spiro atoms. The number of rotatable bonds is 6. The van der Waals surface area contributed by atoms with E-state index in [2.05, 4.69) is 212 Å². The number of fused-ring (bicyclic) bond motifs is 3. The average molecular weight is 904 g/mol. The SMILES string of the molecule is CC1=Cc2c(-c3ccc(C(C)(C)C)cc3)cc(-c3ccc(C(C)(C)C)cc3)cc2[CH]1[Zr]([CH3])([CH3])(=[SiH2])[C]1=C(C(C)C)C=C2C1=CC(C)N2c1cccc2ccccc12.Cl.Cl. The third kappa shape index (κ3) is 7.46. The summed E-state index contributed by atoms with van der Waals surface area (Å²) < 4.78 is 7.64. The Bertz CT molecular complexity index is 2610. The quantitative estimate of drug-likeness (QED) is 0.154. The number of nitrogens with zero attached hydrogens (tertiary/aromatic N) is 1. The number of benzene rings is 5. The number of hydrogen-bond donors (Lipinski definition) is 0. The van der Waals surface area contributed by atoms with E-state index in [-0.39, 0.29) is 41.7 Å². The molecule has 2 unspecified atom stereocenters. The zero-order chi connectivity index (χ0) is 40.1. The first-order valence-corrected chi connectivity index (χ1v) is 34.3. The fraction of sp³-hybridized carbons (Fsp3) is 0.321. The van der Waals surface area contributed by atoms with Gasteiger partial charge in [-0.1, -0.05) is 0 Å². The number of hydrogen-bond acceptors (Lipinski definition) is 1. The van der Waals surface area contributed by atoms with Crippen molar-refractivity contribution in [3.8, 4) is 22.3 Å². The summed E-state index contributed by atoms with van der Waals surface area (Å²) in [6, 6.07) is 39.9. The van der Waals surface area contributed by atoms with E-state index in [1.165, 1.54) is 77.8 Å². The monoisotopic (exact) mass is 901 g/mol. The molecule has 3 aliphatic rings. The fourth-order valence-electron chi connectivity index (χ4n) is 10.3.